The van der Waals surface area contributed by atoms with Crippen LogP contribution in [0.3, 0.4) is 0 Å². The number of amides is 3. The number of rotatable bonds is 5. The minimum Gasteiger partial charge on any atom is -0.326 e. The van der Waals surface area contributed by atoms with E-state index in [0.717, 1.165) is 24.0 Å². The lowest BCUT2D eigenvalue weighted by atomic mass is 10.1. The number of aryl methyl sites for hydroxylation is 1. The molecule has 6 heteroatoms. The average Bonchev–Trinajstić information content (AvgIpc) is 3.45. The first-order valence-electron chi connectivity index (χ1n) is 8.61. The molecule has 0 atom stereocenters. The fourth-order valence-corrected chi connectivity index (χ4v) is 2.78. The molecule has 1 aliphatic rings. The van der Waals surface area contributed by atoms with Gasteiger partial charge in [0, 0.05) is 35.9 Å². The molecule has 1 saturated carbocycles. The SMILES string of the molecule is Cc1ccc(NC(=O)C2CC2)cc1NC(=O)N(C)Cc1ccccc1Cl. The third kappa shape index (κ3) is 4.55. The third-order valence-electron chi connectivity index (χ3n) is 4.41. The quantitative estimate of drug-likeness (QED) is 0.802. The Hall–Kier alpha value is -2.53. The molecule has 0 spiro atoms. The number of hydrogen-bond acceptors (Lipinski definition) is 2. The van der Waals surface area contributed by atoms with Crippen molar-refractivity contribution in [2.45, 2.75) is 26.3 Å². The van der Waals surface area contributed by atoms with Gasteiger partial charge in [0.05, 0.1) is 0 Å². The molecule has 3 amide bonds. The zero-order valence-corrected chi connectivity index (χ0v) is 15.6. The Balaban J connectivity index is 1.65. The number of urea groups is 1. The van der Waals surface area contributed by atoms with E-state index in [2.05, 4.69) is 10.6 Å². The Kier molecular flexibility index (Phi) is 5.47. The number of halogens is 1. The van der Waals surface area contributed by atoms with Crippen LogP contribution in [0.25, 0.3) is 0 Å². The fraction of sp³-hybridized carbons (Fsp3) is 0.300. The molecule has 2 aromatic carbocycles. The van der Waals surface area contributed by atoms with Gasteiger partial charge in [0.25, 0.3) is 0 Å². The number of carbonyl (C=O) groups excluding carboxylic acids is 2. The summed E-state index contributed by atoms with van der Waals surface area (Å²) < 4.78 is 0. The summed E-state index contributed by atoms with van der Waals surface area (Å²) in [6.07, 6.45) is 1.91. The van der Waals surface area contributed by atoms with Crippen molar-refractivity contribution in [1.82, 2.24) is 4.90 Å². The van der Waals surface area contributed by atoms with Gasteiger partial charge in [-0.05, 0) is 49.1 Å². The molecule has 26 heavy (non-hydrogen) atoms. The minimum atomic E-state index is -0.237. The van der Waals surface area contributed by atoms with Gasteiger partial charge in [-0.2, -0.15) is 0 Å². The monoisotopic (exact) mass is 371 g/mol. The predicted octanol–water partition coefficient (Wildman–Crippen LogP) is 4.66. The molecule has 2 N–H and O–H groups in total. The second kappa shape index (κ2) is 7.79. The van der Waals surface area contributed by atoms with Gasteiger partial charge in [-0.3, -0.25) is 4.79 Å². The average molecular weight is 372 g/mol. The standard InChI is InChI=1S/C20H22ClN3O2/c1-13-7-10-16(22-19(25)14-8-9-14)11-18(13)23-20(26)24(2)12-15-5-3-4-6-17(15)21/h3-7,10-11,14H,8-9,12H2,1-2H3,(H,22,25)(H,23,26). The summed E-state index contributed by atoms with van der Waals surface area (Å²) >= 11 is 6.16. The second-order valence-corrected chi connectivity index (χ2v) is 7.08. The Labute approximate surface area is 158 Å². The lowest BCUT2D eigenvalue weighted by molar-refractivity contribution is -0.117. The molecule has 0 heterocycles. The molecule has 1 aliphatic carbocycles. The highest BCUT2D eigenvalue weighted by atomic mass is 35.5. The molecule has 0 bridgehead atoms. The highest BCUT2D eigenvalue weighted by Crippen LogP contribution is 2.31. The molecular formula is C20H22ClN3O2. The van der Waals surface area contributed by atoms with Gasteiger partial charge < -0.3 is 15.5 Å². The molecule has 0 aromatic heterocycles. The number of anilines is 2. The Morgan fingerprint density at radius 1 is 1.15 bits per heavy atom. The van der Waals surface area contributed by atoms with E-state index in [1.807, 2.05) is 37.3 Å². The van der Waals surface area contributed by atoms with Crippen LogP contribution in [0.5, 0.6) is 0 Å². The normalized spacial score (nSPS) is 13.2. The molecular weight excluding hydrogens is 350 g/mol. The van der Waals surface area contributed by atoms with Gasteiger partial charge >= 0.3 is 6.03 Å². The van der Waals surface area contributed by atoms with Crippen molar-refractivity contribution in [2.24, 2.45) is 5.92 Å². The van der Waals surface area contributed by atoms with Crippen molar-refractivity contribution in [1.29, 1.82) is 0 Å². The predicted molar refractivity (Wildman–Crippen MR) is 104 cm³/mol. The van der Waals surface area contributed by atoms with Crippen molar-refractivity contribution >= 4 is 34.9 Å². The van der Waals surface area contributed by atoms with Crippen molar-refractivity contribution in [3.8, 4) is 0 Å². The lowest BCUT2D eigenvalue weighted by Crippen LogP contribution is -2.31. The summed E-state index contributed by atoms with van der Waals surface area (Å²) in [4.78, 5) is 26.0. The number of benzene rings is 2. The maximum atomic E-state index is 12.5. The van der Waals surface area contributed by atoms with E-state index >= 15 is 0 Å². The van der Waals surface area contributed by atoms with Gasteiger partial charge in [-0.1, -0.05) is 35.9 Å². The van der Waals surface area contributed by atoms with E-state index in [9.17, 15) is 9.59 Å². The van der Waals surface area contributed by atoms with Gasteiger partial charge in [-0.15, -0.1) is 0 Å². The Morgan fingerprint density at radius 2 is 1.88 bits per heavy atom. The first-order valence-corrected chi connectivity index (χ1v) is 8.99. The second-order valence-electron chi connectivity index (χ2n) is 6.67. The summed E-state index contributed by atoms with van der Waals surface area (Å²) in [6, 6.07) is 12.7. The maximum Gasteiger partial charge on any atom is 0.321 e. The number of nitrogens with one attached hydrogen (secondary N) is 2. The van der Waals surface area contributed by atoms with Crippen LogP contribution in [0.4, 0.5) is 16.2 Å². The summed E-state index contributed by atoms with van der Waals surface area (Å²) in [7, 11) is 1.71. The number of hydrogen-bond donors (Lipinski definition) is 2. The van der Waals surface area contributed by atoms with Gasteiger partial charge in [0.15, 0.2) is 0 Å². The number of nitrogens with zero attached hydrogens (tertiary/aromatic N) is 1. The molecule has 3 rings (SSSR count). The van der Waals surface area contributed by atoms with Crippen LogP contribution >= 0.6 is 11.6 Å². The van der Waals surface area contributed by atoms with Gasteiger partial charge in [0.2, 0.25) is 5.91 Å². The van der Waals surface area contributed by atoms with E-state index in [1.165, 1.54) is 0 Å². The molecule has 0 aliphatic heterocycles. The van der Waals surface area contributed by atoms with E-state index in [-0.39, 0.29) is 17.9 Å². The third-order valence-corrected chi connectivity index (χ3v) is 4.78. The summed E-state index contributed by atoms with van der Waals surface area (Å²) in [5.41, 5.74) is 3.18. The van der Waals surface area contributed by atoms with Crippen LogP contribution in [0.15, 0.2) is 42.5 Å². The Morgan fingerprint density at radius 3 is 2.58 bits per heavy atom. The van der Waals surface area contributed by atoms with E-state index in [1.54, 1.807) is 24.1 Å². The number of carbonyl (C=O) groups is 2. The molecule has 0 unspecified atom stereocenters. The smallest absolute Gasteiger partial charge is 0.321 e. The molecule has 5 nitrogen and oxygen atoms in total. The maximum absolute atomic E-state index is 12.5. The first-order chi connectivity index (χ1) is 12.4. The topological polar surface area (TPSA) is 61.4 Å². The van der Waals surface area contributed by atoms with Crippen LogP contribution in [0.2, 0.25) is 5.02 Å². The summed E-state index contributed by atoms with van der Waals surface area (Å²) in [5.74, 6) is 0.179. The van der Waals surface area contributed by atoms with Gasteiger partial charge in [0.1, 0.15) is 0 Å². The minimum absolute atomic E-state index is 0.0435. The molecule has 136 valence electrons. The molecule has 0 saturated heterocycles. The summed E-state index contributed by atoms with van der Waals surface area (Å²) in [5, 5.41) is 6.43. The molecule has 1 fully saturated rings. The van der Waals surface area contributed by atoms with Crippen LogP contribution in [0.1, 0.15) is 24.0 Å². The summed E-state index contributed by atoms with van der Waals surface area (Å²) in [6.45, 7) is 2.32. The molecule has 0 radical (unpaired) electrons. The van der Waals surface area contributed by atoms with Crippen molar-refractivity contribution in [3.63, 3.8) is 0 Å². The van der Waals surface area contributed by atoms with Gasteiger partial charge in [-0.25, -0.2) is 4.79 Å². The van der Waals surface area contributed by atoms with Crippen LogP contribution < -0.4 is 10.6 Å². The fourth-order valence-electron chi connectivity index (χ4n) is 2.59. The van der Waals surface area contributed by atoms with Crippen molar-refractivity contribution < 1.29 is 9.59 Å². The highest BCUT2D eigenvalue weighted by Gasteiger charge is 2.29. The lowest BCUT2D eigenvalue weighted by Gasteiger charge is -2.20. The largest absolute Gasteiger partial charge is 0.326 e. The van der Waals surface area contributed by atoms with Crippen LogP contribution in [0, 0.1) is 12.8 Å². The highest BCUT2D eigenvalue weighted by molar-refractivity contribution is 6.31. The van der Waals surface area contributed by atoms with E-state index in [4.69, 9.17) is 11.6 Å². The zero-order chi connectivity index (χ0) is 18.7. The van der Waals surface area contributed by atoms with E-state index in [0.29, 0.717) is 22.9 Å². The Bertz CT molecular complexity index is 834. The van der Waals surface area contributed by atoms with Crippen molar-refractivity contribution in [3.05, 3.63) is 58.6 Å². The zero-order valence-electron chi connectivity index (χ0n) is 14.9. The van der Waals surface area contributed by atoms with Crippen molar-refractivity contribution in [2.75, 3.05) is 17.7 Å². The van der Waals surface area contributed by atoms with Crippen LogP contribution in [-0.4, -0.2) is 23.9 Å². The van der Waals surface area contributed by atoms with Crippen LogP contribution in [-0.2, 0) is 11.3 Å². The van der Waals surface area contributed by atoms with E-state index < -0.39 is 0 Å². The molecule has 2 aromatic rings. The first kappa shape index (κ1) is 18.3.